The van der Waals surface area contributed by atoms with Gasteiger partial charge in [-0.3, -0.25) is 19.3 Å². The van der Waals surface area contributed by atoms with Crippen LogP contribution in [-0.4, -0.2) is 75.8 Å². The van der Waals surface area contributed by atoms with E-state index >= 15 is 4.39 Å². The molecule has 8 nitrogen and oxygen atoms in total. The Morgan fingerprint density at radius 1 is 1.02 bits per heavy atom. The highest BCUT2D eigenvalue weighted by atomic mass is 32.2. The lowest BCUT2D eigenvalue weighted by atomic mass is 9.87. The number of anilines is 1. The molecule has 2 aromatic carbocycles. The first-order valence-corrected chi connectivity index (χ1v) is 15.0. The Balaban J connectivity index is 1.68. The van der Waals surface area contributed by atoms with E-state index in [-0.39, 0.29) is 35.6 Å². The number of rotatable bonds is 4. The molecule has 0 unspecified atom stereocenters. The lowest BCUT2D eigenvalue weighted by molar-refractivity contribution is -0.137. The minimum absolute atomic E-state index is 0.0150. The molecule has 3 aromatic rings. The summed E-state index contributed by atoms with van der Waals surface area (Å²) in [5.41, 5.74) is 2.65. The standard InChI is InChI=1S/C31H35F2N5O3S/c1-19-8-6-7-9-24(19)38-30-27(29(34-38)31(3,4)5)28(22-11-10-21(32)16-23(22)33)42-18-26(41)37(30)17-25(40)36-14-12-35(13-15-36)20(2)39/h6-11,16,28H,12-15,17-18H2,1-5H3/t28-/m0/s1. The van der Waals surface area contributed by atoms with E-state index in [9.17, 15) is 18.8 Å². The zero-order valence-corrected chi connectivity index (χ0v) is 25.3. The molecule has 0 radical (unpaired) electrons. The zero-order chi connectivity index (χ0) is 30.3. The molecule has 11 heteroatoms. The predicted molar refractivity (Wildman–Crippen MR) is 159 cm³/mol. The molecule has 0 aliphatic carbocycles. The Hall–Kier alpha value is -3.73. The van der Waals surface area contributed by atoms with Gasteiger partial charge in [-0.25, -0.2) is 13.5 Å². The second kappa shape index (κ2) is 11.5. The van der Waals surface area contributed by atoms with E-state index < -0.39 is 22.3 Å². The summed E-state index contributed by atoms with van der Waals surface area (Å²) in [6.45, 7) is 10.8. The number of carbonyl (C=O) groups excluding carboxylic acids is 3. The molecule has 1 atom stereocenters. The summed E-state index contributed by atoms with van der Waals surface area (Å²) in [7, 11) is 0. The second-order valence-corrected chi connectivity index (χ2v) is 12.9. The van der Waals surface area contributed by atoms with Crippen molar-refractivity contribution in [1.82, 2.24) is 19.6 Å². The fourth-order valence-corrected chi connectivity index (χ4v) is 6.73. The number of hydrogen-bond donors (Lipinski definition) is 0. The largest absolute Gasteiger partial charge is 0.339 e. The molecule has 42 heavy (non-hydrogen) atoms. The van der Waals surface area contributed by atoms with Crippen molar-refractivity contribution >= 4 is 35.3 Å². The van der Waals surface area contributed by atoms with Crippen LogP contribution >= 0.6 is 11.8 Å². The molecule has 1 saturated heterocycles. The first kappa shape index (κ1) is 29.8. The van der Waals surface area contributed by atoms with E-state index in [0.717, 1.165) is 17.3 Å². The van der Waals surface area contributed by atoms with Gasteiger partial charge in [0.25, 0.3) is 0 Å². The number of nitrogens with zero attached hydrogens (tertiary/aromatic N) is 5. The average molecular weight is 596 g/mol. The Morgan fingerprint density at radius 2 is 1.69 bits per heavy atom. The topological polar surface area (TPSA) is 78.8 Å². The van der Waals surface area contributed by atoms with Crippen LogP contribution in [0.4, 0.5) is 14.6 Å². The third kappa shape index (κ3) is 5.66. The van der Waals surface area contributed by atoms with Gasteiger partial charge in [0.05, 0.1) is 22.4 Å². The number of hydrogen-bond acceptors (Lipinski definition) is 5. The van der Waals surface area contributed by atoms with Gasteiger partial charge in [0.2, 0.25) is 17.7 Å². The minimum atomic E-state index is -0.706. The van der Waals surface area contributed by atoms with Gasteiger partial charge in [0, 0.05) is 55.7 Å². The lowest BCUT2D eigenvalue weighted by Crippen LogP contribution is -2.53. The number of amides is 3. The van der Waals surface area contributed by atoms with Crippen molar-refractivity contribution in [1.29, 1.82) is 0 Å². The van der Waals surface area contributed by atoms with Crippen LogP contribution < -0.4 is 4.90 Å². The molecule has 2 aliphatic rings. The third-order valence-electron chi connectivity index (χ3n) is 7.76. The number of halogens is 2. The van der Waals surface area contributed by atoms with Gasteiger partial charge in [0.15, 0.2) is 0 Å². The van der Waals surface area contributed by atoms with Crippen LogP contribution in [0.15, 0.2) is 42.5 Å². The van der Waals surface area contributed by atoms with Gasteiger partial charge >= 0.3 is 0 Å². The smallest absolute Gasteiger partial charge is 0.242 e. The van der Waals surface area contributed by atoms with E-state index in [2.05, 4.69) is 0 Å². The van der Waals surface area contributed by atoms with Gasteiger partial charge in [0.1, 0.15) is 24.0 Å². The van der Waals surface area contributed by atoms with Crippen LogP contribution in [-0.2, 0) is 19.8 Å². The van der Waals surface area contributed by atoms with Gasteiger partial charge < -0.3 is 9.80 Å². The molecule has 3 amide bonds. The maximum Gasteiger partial charge on any atom is 0.242 e. The molecular formula is C31H35F2N5O3S. The number of fused-ring (bicyclic) bond motifs is 1. The molecule has 3 heterocycles. The number of para-hydroxylation sites is 1. The molecular weight excluding hydrogens is 560 g/mol. The number of aromatic nitrogens is 2. The summed E-state index contributed by atoms with van der Waals surface area (Å²) in [5, 5.41) is 4.37. The Kier molecular flexibility index (Phi) is 8.15. The first-order chi connectivity index (χ1) is 19.9. The Bertz CT molecular complexity index is 1540. The quantitative estimate of drug-likeness (QED) is 0.440. The van der Waals surface area contributed by atoms with Gasteiger partial charge in [-0.05, 0) is 24.6 Å². The zero-order valence-electron chi connectivity index (χ0n) is 24.5. The van der Waals surface area contributed by atoms with Crippen molar-refractivity contribution in [2.24, 2.45) is 0 Å². The number of benzene rings is 2. The fraction of sp³-hybridized carbons (Fsp3) is 0.419. The number of piperazine rings is 1. The summed E-state index contributed by atoms with van der Waals surface area (Å²) < 4.78 is 31.0. The van der Waals surface area contributed by atoms with Crippen LogP contribution in [0.2, 0.25) is 0 Å². The molecule has 1 aromatic heterocycles. The maximum atomic E-state index is 15.4. The van der Waals surface area contributed by atoms with Gasteiger partial charge in [-0.2, -0.15) is 5.10 Å². The normalized spacial score (nSPS) is 17.7. The van der Waals surface area contributed by atoms with Crippen LogP contribution in [0.1, 0.15) is 55.3 Å². The maximum absolute atomic E-state index is 15.4. The molecule has 2 aliphatic heterocycles. The molecule has 0 saturated carbocycles. The van der Waals surface area contributed by atoms with E-state index in [1.54, 1.807) is 14.5 Å². The van der Waals surface area contributed by atoms with Crippen molar-refractivity contribution < 1.29 is 23.2 Å². The van der Waals surface area contributed by atoms with E-state index in [4.69, 9.17) is 5.10 Å². The van der Waals surface area contributed by atoms with Crippen molar-refractivity contribution in [3.8, 4) is 5.69 Å². The Morgan fingerprint density at radius 3 is 2.31 bits per heavy atom. The summed E-state index contributed by atoms with van der Waals surface area (Å²) in [4.78, 5) is 44.2. The van der Waals surface area contributed by atoms with Crippen molar-refractivity contribution in [2.45, 2.75) is 45.3 Å². The monoisotopic (exact) mass is 595 g/mol. The first-order valence-electron chi connectivity index (χ1n) is 14.0. The molecule has 222 valence electrons. The van der Waals surface area contributed by atoms with E-state index in [1.165, 1.54) is 35.7 Å². The summed E-state index contributed by atoms with van der Waals surface area (Å²) in [5.74, 6) is -1.59. The van der Waals surface area contributed by atoms with E-state index in [1.807, 2.05) is 52.0 Å². The summed E-state index contributed by atoms with van der Waals surface area (Å²) in [6, 6.07) is 11.1. The third-order valence-corrected chi connectivity index (χ3v) is 9.00. The molecule has 0 N–H and O–H groups in total. The van der Waals surface area contributed by atoms with Gasteiger partial charge in [-0.15, -0.1) is 11.8 Å². The van der Waals surface area contributed by atoms with Crippen molar-refractivity contribution in [3.63, 3.8) is 0 Å². The van der Waals surface area contributed by atoms with Crippen molar-refractivity contribution in [2.75, 3.05) is 43.4 Å². The Labute approximate surface area is 248 Å². The molecule has 0 spiro atoms. The number of thioether (sulfide) groups is 1. The highest BCUT2D eigenvalue weighted by Crippen LogP contribution is 2.49. The number of aryl methyl sites for hydroxylation is 1. The highest BCUT2D eigenvalue weighted by molar-refractivity contribution is 8.00. The minimum Gasteiger partial charge on any atom is -0.339 e. The van der Waals surface area contributed by atoms with Crippen LogP contribution in [0.25, 0.3) is 5.69 Å². The van der Waals surface area contributed by atoms with E-state index in [0.29, 0.717) is 43.3 Å². The fourth-order valence-electron chi connectivity index (χ4n) is 5.51. The summed E-state index contributed by atoms with van der Waals surface area (Å²) >= 11 is 1.24. The van der Waals surface area contributed by atoms with Gasteiger partial charge in [-0.1, -0.05) is 45.0 Å². The van der Waals surface area contributed by atoms with Crippen LogP contribution in [0, 0.1) is 18.6 Å². The average Bonchev–Trinajstić information content (AvgIpc) is 3.27. The molecule has 5 rings (SSSR count). The lowest BCUT2D eigenvalue weighted by Gasteiger charge is -2.35. The molecule has 1 fully saturated rings. The molecule has 0 bridgehead atoms. The summed E-state index contributed by atoms with van der Waals surface area (Å²) in [6.07, 6.45) is 0. The number of carbonyl (C=O) groups is 3. The highest BCUT2D eigenvalue weighted by Gasteiger charge is 2.41. The van der Waals surface area contributed by atoms with Crippen molar-refractivity contribution in [3.05, 3.63) is 76.5 Å². The second-order valence-electron chi connectivity index (χ2n) is 11.8. The predicted octanol–water partition coefficient (Wildman–Crippen LogP) is 4.62. The SMILES string of the molecule is CC(=O)N1CCN(C(=O)CN2C(=O)CS[C@@H](c3ccc(F)cc3F)c3c(C(C)(C)C)nn(-c4ccccc4C)c32)CC1. The van der Waals surface area contributed by atoms with Crippen LogP contribution in [0.5, 0.6) is 0 Å². The van der Waals surface area contributed by atoms with Crippen LogP contribution in [0.3, 0.4) is 0 Å².